The molecule has 0 bridgehead atoms. The van der Waals surface area contributed by atoms with Gasteiger partial charge in [-0.25, -0.2) is 4.98 Å². The number of ether oxygens (including phenoxy) is 1. The second-order valence-corrected chi connectivity index (χ2v) is 7.19. The fraction of sp³-hybridized carbons (Fsp3) is 0.211. The summed E-state index contributed by atoms with van der Waals surface area (Å²) in [6, 6.07) is 10.4. The predicted molar refractivity (Wildman–Crippen MR) is 110 cm³/mol. The second-order valence-electron chi connectivity index (χ2n) is 6.24. The molecule has 0 saturated heterocycles. The Bertz CT molecular complexity index is 1050. The van der Waals surface area contributed by atoms with Crippen LogP contribution in [0.25, 0.3) is 11.4 Å². The zero-order chi connectivity index (χ0) is 21.0. The van der Waals surface area contributed by atoms with Gasteiger partial charge in [0.2, 0.25) is 11.1 Å². The fourth-order valence-electron chi connectivity index (χ4n) is 2.56. The molecular formula is C19H19N5O4S. The summed E-state index contributed by atoms with van der Waals surface area (Å²) < 4.78 is 5.12. The number of benzene rings is 2. The van der Waals surface area contributed by atoms with Crippen molar-refractivity contribution < 1.29 is 14.5 Å². The smallest absolute Gasteiger partial charge is 0.293 e. The van der Waals surface area contributed by atoms with Crippen molar-refractivity contribution in [2.75, 3.05) is 18.2 Å². The lowest BCUT2D eigenvalue weighted by atomic mass is 10.1. The first-order chi connectivity index (χ1) is 13.9. The van der Waals surface area contributed by atoms with E-state index in [0.717, 1.165) is 34.2 Å². The van der Waals surface area contributed by atoms with E-state index in [9.17, 15) is 14.9 Å². The van der Waals surface area contributed by atoms with Crippen molar-refractivity contribution in [2.24, 2.45) is 0 Å². The molecule has 2 aromatic carbocycles. The summed E-state index contributed by atoms with van der Waals surface area (Å²) in [7, 11) is 1.59. The van der Waals surface area contributed by atoms with Gasteiger partial charge >= 0.3 is 0 Å². The van der Waals surface area contributed by atoms with Gasteiger partial charge in [0.25, 0.3) is 5.69 Å². The Morgan fingerprint density at radius 3 is 2.59 bits per heavy atom. The highest BCUT2D eigenvalue weighted by Crippen LogP contribution is 2.28. The highest BCUT2D eigenvalue weighted by Gasteiger charge is 2.18. The van der Waals surface area contributed by atoms with E-state index in [2.05, 4.69) is 20.5 Å². The van der Waals surface area contributed by atoms with Crippen molar-refractivity contribution in [1.29, 1.82) is 0 Å². The molecule has 10 heteroatoms. The number of carbonyl (C=O) groups excluding carboxylic acids is 1. The molecule has 150 valence electrons. The highest BCUT2D eigenvalue weighted by molar-refractivity contribution is 7.99. The second kappa shape index (κ2) is 8.74. The molecule has 0 radical (unpaired) electrons. The Labute approximate surface area is 171 Å². The third kappa shape index (κ3) is 4.91. The molecule has 29 heavy (non-hydrogen) atoms. The first-order valence-corrected chi connectivity index (χ1v) is 9.61. The zero-order valence-electron chi connectivity index (χ0n) is 16.1. The summed E-state index contributed by atoms with van der Waals surface area (Å²) in [5, 5.41) is 21.2. The van der Waals surface area contributed by atoms with Crippen LogP contribution in [0.15, 0.2) is 41.6 Å². The van der Waals surface area contributed by atoms with Gasteiger partial charge in [-0.2, -0.15) is 0 Å². The van der Waals surface area contributed by atoms with Crippen molar-refractivity contribution in [1.82, 2.24) is 15.2 Å². The van der Waals surface area contributed by atoms with Crippen LogP contribution in [-0.2, 0) is 4.79 Å². The Hall–Kier alpha value is -3.40. The van der Waals surface area contributed by atoms with E-state index in [1.165, 1.54) is 6.07 Å². The molecule has 3 rings (SSSR count). The van der Waals surface area contributed by atoms with Gasteiger partial charge in [0.05, 0.1) is 17.8 Å². The maximum absolute atomic E-state index is 12.3. The number of H-pyrrole nitrogens is 1. The zero-order valence-corrected chi connectivity index (χ0v) is 16.9. The average molecular weight is 413 g/mol. The SMILES string of the molecule is COc1ccc(-c2nc(SCC(=O)Nc3cc(C)c(C)cc3[N+](=O)[O-])n[nH]2)cc1. The number of nitrogens with one attached hydrogen (secondary N) is 2. The van der Waals surface area contributed by atoms with Gasteiger partial charge in [-0.05, 0) is 55.3 Å². The standard InChI is InChI=1S/C19H19N5O4S/c1-11-8-15(16(24(26)27)9-12(11)2)20-17(25)10-29-19-21-18(22-23-19)13-4-6-14(28-3)7-5-13/h4-9H,10H2,1-3H3,(H,20,25)(H,21,22,23). The number of thioether (sulfide) groups is 1. The van der Waals surface area contributed by atoms with Crippen LogP contribution in [0.2, 0.25) is 0 Å². The molecule has 0 spiro atoms. The summed E-state index contributed by atoms with van der Waals surface area (Å²) in [5.41, 5.74) is 2.52. The van der Waals surface area contributed by atoms with Crippen LogP contribution < -0.4 is 10.1 Å². The highest BCUT2D eigenvalue weighted by atomic mass is 32.2. The van der Waals surface area contributed by atoms with E-state index >= 15 is 0 Å². The van der Waals surface area contributed by atoms with Crippen molar-refractivity contribution in [3.05, 3.63) is 57.6 Å². The molecule has 0 atom stereocenters. The molecule has 0 aliphatic heterocycles. The topological polar surface area (TPSA) is 123 Å². The van der Waals surface area contributed by atoms with Gasteiger partial charge in [-0.1, -0.05) is 11.8 Å². The van der Waals surface area contributed by atoms with Crippen LogP contribution in [0.4, 0.5) is 11.4 Å². The number of aryl methyl sites for hydroxylation is 2. The van der Waals surface area contributed by atoms with E-state index in [-0.39, 0.29) is 23.0 Å². The van der Waals surface area contributed by atoms with Gasteiger partial charge in [-0.3, -0.25) is 20.0 Å². The van der Waals surface area contributed by atoms with E-state index in [0.29, 0.717) is 11.0 Å². The lowest BCUT2D eigenvalue weighted by molar-refractivity contribution is -0.384. The minimum atomic E-state index is -0.508. The summed E-state index contributed by atoms with van der Waals surface area (Å²) in [6.45, 7) is 3.62. The predicted octanol–water partition coefficient (Wildman–Crippen LogP) is 3.74. The van der Waals surface area contributed by atoms with Crippen LogP contribution in [-0.4, -0.2) is 38.9 Å². The number of hydrogen-bond acceptors (Lipinski definition) is 7. The largest absolute Gasteiger partial charge is 0.497 e. The number of methoxy groups -OCH3 is 1. The van der Waals surface area contributed by atoms with Gasteiger partial charge in [0.15, 0.2) is 5.82 Å². The monoisotopic (exact) mass is 413 g/mol. The summed E-state index contributed by atoms with van der Waals surface area (Å²) >= 11 is 1.13. The fourth-order valence-corrected chi connectivity index (χ4v) is 3.16. The van der Waals surface area contributed by atoms with Crippen molar-refractivity contribution >= 4 is 29.0 Å². The third-order valence-electron chi connectivity index (χ3n) is 4.24. The molecule has 0 aliphatic rings. The number of carbonyl (C=O) groups is 1. The normalized spacial score (nSPS) is 10.6. The lowest BCUT2D eigenvalue weighted by Gasteiger charge is -2.08. The maximum Gasteiger partial charge on any atom is 0.293 e. The lowest BCUT2D eigenvalue weighted by Crippen LogP contribution is -2.15. The van der Waals surface area contributed by atoms with E-state index < -0.39 is 4.92 Å². The third-order valence-corrected chi connectivity index (χ3v) is 5.09. The van der Waals surface area contributed by atoms with E-state index in [1.807, 2.05) is 31.2 Å². The van der Waals surface area contributed by atoms with Crippen LogP contribution in [0, 0.1) is 24.0 Å². The molecule has 1 amide bonds. The number of nitrogens with zero attached hydrogens (tertiary/aromatic N) is 3. The number of hydrogen-bond donors (Lipinski definition) is 2. The van der Waals surface area contributed by atoms with Crippen molar-refractivity contribution in [2.45, 2.75) is 19.0 Å². The summed E-state index contributed by atoms with van der Waals surface area (Å²) in [5.74, 6) is 0.946. The molecule has 1 heterocycles. The first-order valence-electron chi connectivity index (χ1n) is 8.62. The average Bonchev–Trinajstić information content (AvgIpc) is 3.18. The molecule has 0 saturated carbocycles. The minimum Gasteiger partial charge on any atom is -0.497 e. The Balaban J connectivity index is 1.64. The first kappa shape index (κ1) is 20.3. The van der Waals surface area contributed by atoms with Crippen LogP contribution in [0.5, 0.6) is 5.75 Å². The van der Waals surface area contributed by atoms with Crippen LogP contribution in [0.3, 0.4) is 0 Å². The molecule has 3 aromatic rings. The maximum atomic E-state index is 12.3. The van der Waals surface area contributed by atoms with Crippen molar-refractivity contribution in [3.8, 4) is 17.1 Å². The number of aromatic nitrogens is 3. The van der Waals surface area contributed by atoms with E-state index in [4.69, 9.17) is 4.74 Å². The van der Waals surface area contributed by atoms with Gasteiger partial charge in [0.1, 0.15) is 11.4 Å². The number of anilines is 1. The van der Waals surface area contributed by atoms with Crippen molar-refractivity contribution in [3.63, 3.8) is 0 Å². The van der Waals surface area contributed by atoms with Crippen LogP contribution in [0.1, 0.15) is 11.1 Å². The molecular weight excluding hydrogens is 394 g/mol. The molecule has 0 fully saturated rings. The Kier molecular flexibility index (Phi) is 6.13. The Morgan fingerprint density at radius 1 is 1.24 bits per heavy atom. The molecule has 2 N–H and O–H groups in total. The molecule has 0 unspecified atom stereocenters. The van der Waals surface area contributed by atoms with Gasteiger partial charge in [-0.15, -0.1) is 5.10 Å². The number of nitro benzene ring substituents is 1. The number of rotatable bonds is 7. The van der Waals surface area contributed by atoms with Gasteiger partial charge < -0.3 is 10.1 Å². The quantitative estimate of drug-likeness (QED) is 0.344. The summed E-state index contributed by atoms with van der Waals surface area (Å²) in [6.07, 6.45) is 0. The molecule has 1 aromatic heterocycles. The minimum absolute atomic E-state index is 0.0178. The number of aromatic amines is 1. The number of nitro groups is 1. The molecule has 9 nitrogen and oxygen atoms in total. The number of amides is 1. The Morgan fingerprint density at radius 2 is 1.93 bits per heavy atom. The van der Waals surface area contributed by atoms with Gasteiger partial charge in [0, 0.05) is 11.6 Å². The van der Waals surface area contributed by atoms with E-state index in [1.54, 1.807) is 20.1 Å². The van der Waals surface area contributed by atoms with Crippen LogP contribution >= 0.6 is 11.8 Å². The molecule has 0 aliphatic carbocycles. The summed E-state index contributed by atoms with van der Waals surface area (Å²) in [4.78, 5) is 27.4.